The highest BCUT2D eigenvalue weighted by Crippen LogP contribution is 2.29. The van der Waals surface area contributed by atoms with Crippen molar-refractivity contribution in [3.8, 4) is 0 Å². The van der Waals surface area contributed by atoms with Gasteiger partial charge in [-0.1, -0.05) is 20.8 Å². The molecule has 80 valence electrons. The van der Waals surface area contributed by atoms with E-state index in [1.807, 2.05) is 17.5 Å². The summed E-state index contributed by atoms with van der Waals surface area (Å²) in [5, 5.41) is 0. The molecule has 0 saturated carbocycles. The van der Waals surface area contributed by atoms with E-state index >= 15 is 0 Å². The largest absolute Gasteiger partial charge is 0.291 e. The van der Waals surface area contributed by atoms with Crippen LogP contribution in [0.3, 0.4) is 0 Å². The van der Waals surface area contributed by atoms with Gasteiger partial charge in [-0.25, -0.2) is 4.98 Å². The van der Waals surface area contributed by atoms with Crippen molar-refractivity contribution < 1.29 is 0 Å². The number of halogens is 1. The van der Waals surface area contributed by atoms with Gasteiger partial charge in [-0.05, 0) is 22.9 Å². The van der Waals surface area contributed by atoms with Crippen molar-refractivity contribution in [3.05, 3.63) is 28.4 Å². The SMILES string of the molecule is Cc1cn2c(Br)c(C(C)(C)C)nc2cn1. The summed E-state index contributed by atoms with van der Waals surface area (Å²) in [7, 11) is 0. The Kier molecular flexibility index (Phi) is 2.34. The maximum atomic E-state index is 4.58. The second-order valence-electron chi connectivity index (χ2n) is 4.76. The summed E-state index contributed by atoms with van der Waals surface area (Å²) in [6, 6.07) is 0. The Hall–Kier alpha value is -0.900. The van der Waals surface area contributed by atoms with E-state index in [-0.39, 0.29) is 5.41 Å². The summed E-state index contributed by atoms with van der Waals surface area (Å²) in [5.74, 6) is 0. The van der Waals surface area contributed by atoms with E-state index in [9.17, 15) is 0 Å². The first-order chi connectivity index (χ1) is 6.89. The molecular weight excluding hydrogens is 254 g/mol. The van der Waals surface area contributed by atoms with Crippen LogP contribution < -0.4 is 0 Å². The van der Waals surface area contributed by atoms with Crippen LogP contribution in [0.5, 0.6) is 0 Å². The van der Waals surface area contributed by atoms with E-state index in [0.717, 1.165) is 21.6 Å². The highest BCUT2D eigenvalue weighted by molar-refractivity contribution is 9.10. The Morgan fingerprint density at radius 1 is 1.33 bits per heavy atom. The van der Waals surface area contributed by atoms with Gasteiger partial charge >= 0.3 is 0 Å². The fourth-order valence-electron chi connectivity index (χ4n) is 1.50. The number of fused-ring (bicyclic) bond motifs is 1. The number of rotatable bonds is 0. The van der Waals surface area contributed by atoms with E-state index in [4.69, 9.17) is 0 Å². The number of imidazole rings is 1. The molecule has 15 heavy (non-hydrogen) atoms. The quantitative estimate of drug-likeness (QED) is 0.735. The lowest BCUT2D eigenvalue weighted by Crippen LogP contribution is -2.12. The molecule has 0 spiro atoms. The standard InChI is InChI=1S/C11H14BrN3/c1-7-6-15-8(5-13-7)14-9(10(15)12)11(2,3)4/h5-6H,1-4H3. The van der Waals surface area contributed by atoms with E-state index in [2.05, 4.69) is 46.7 Å². The Bertz CT molecular complexity index is 508. The van der Waals surface area contributed by atoms with E-state index < -0.39 is 0 Å². The predicted molar refractivity (Wildman–Crippen MR) is 64.1 cm³/mol. The van der Waals surface area contributed by atoms with Crippen molar-refractivity contribution in [1.29, 1.82) is 0 Å². The lowest BCUT2D eigenvalue weighted by molar-refractivity contribution is 0.569. The Morgan fingerprint density at radius 3 is 2.60 bits per heavy atom. The smallest absolute Gasteiger partial charge is 0.156 e. The molecule has 0 radical (unpaired) electrons. The lowest BCUT2D eigenvalue weighted by atomic mass is 9.93. The van der Waals surface area contributed by atoms with Crippen molar-refractivity contribution in [1.82, 2.24) is 14.4 Å². The number of aromatic nitrogens is 3. The van der Waals surface area contributed by atoms with Gasteiger partial charge in [-0.3, -0.25) is 9.38 Å². The summed E-state index contributed by atoms with van der Waals surface area (Å²) < 4.78 is 3.05. The Morgan fingerprint density at radius 2 is 2.00 bits per heavy atom. The zero-order chi connectivity index (χ0) is 11.2. The number of hydrogen-bond donors (Lipinski definition) is 0. The van der Waals surface area contributed by atoms with Gasteiger partial charge in [0.25, 0.3) is 0 Å². The molecule has 0 aliphatic carbocycles. The average Bonchev–Trinajstić information content (AvgIpc) is 2.43. The van der Waals surface area contributed by atoms with Gasteiger partial charge in [0.2, 0.25) is 0 Å². The van der Waals surface area contributed by atoms with Crippen LogP contribution in [0, 0.1) is 6.92 Å². The predicted octanol–water partition coefficient (Wildman–Crippen LogP) is 3.10. The fraction of sp³-hybridized carbons (Fsp3) is 0.455. The Labute approximate surface area is 97.7 Å². The fourth-order valence-corrected chi connectivity index (χ4v) is 2.47. The second kappa shape index (κ2) is 3.30. The maximum Gasteiger partial charge on any atom is 0.156 e. The van der Waals surface area contributed by atoms with Gasteiger partial charge in [0.15, 0.2) is 5.65 Å². The highest BCUT2D eigenvalue weighted by atomic mass is 79.9. The number of hydrogen-bond acceptors (Lipinski definition) is 2. The Balaban J connectivity index is 2.76. The molecule has 0 unspecified atom stereocenters. The van der Waals surface area contributed by atoms with E-state index in [1.54, 1.807) is 6.20 Å². The van der Waals surface area contributed by atoms with Crippen LogP contribution in [0.2, 0.25) is 0 Å². The first-order valence-corrected chi connectivity index (χ1v) is 5.69. The second-order valence-corrected chi connectivity index (χ2v) is 5.51. The molecule has 0 saturated heterocycles. The molecule has 0 aliphatic heterocycles. The summed E-state index contributed by atoms with van der Waals surface area (Å²) in [4.78, 5) is 8.82. The molecule has 0 aliphatic rings. The molecule has 0 fully saturated rings. The zero-order valence-electron chi connectivity index (χ0n) is 9.37. The lowest BCUT2D eigenvalue weighted by Gasteiger charge is -2.15. The molecule has 2 aromatic heterocycles. The summed E-state index contributed by atoms with van der Waals surface area (Å²) >= 11 is 3.59. The minimum Gasteiger partial charge on any atom is -0.291 e. The maximum absolute atomic E-state index is 4.58. The molecule has 3 nitrogen and oxygen atoms in total. The third kappa shape index (κ3) is 1.78. The number of nitrogens with zero attached hydrogens (tertiary/aromatic N) is 3. The average molecular weight is 268 g/mol. The third-order valence-corrected chi connectivity index (χ3v) is 3.05. The minimum atomic E-state index is 0.0404. The highest BCUT2D eigenvalue weighted by Gasteiger charge is 2.22. The van der Waals surface area contributed by atoms with Crippen molar-refractivity contribution in [2.45, 2.75) is 33.1 Å². The first-order valence-electron chi connectivity index (χ1n) is 4.90. The van der Waals surface area contributed by atoms with Crippen LogP contribution in [0.4, 0.5) is 0 Å². The zero-order valence-corrected chi connectivity index (χ0v) is 11.0. The van der Waals surface area contributed by atoms with Gasteiger partial charge in [0, 0.05) is 11.6 Å². The monoisotopic (exact) mass is 267 g/mol. The topological polar surface area (TPSA) is 30.2 Å². The minimum absolute atomic E-state index is 0.0404. The van der Waals surface area contributed by atoms with Crippen LogP contribution in [0.1, 0.15) is 32.2 Å². The van der Waals surface area contributed by atoms with Crippen LogP contribution in [-0.4, -0.2) is 14.4 Å². The van der Waals surface area contributed by atoms with Crippen LogP contribution in [-0.2, 0) is 5.41 Å². The van der Waals surface area contributed by atoms with Crippen molar-refractivity contribution in [2.24, 2.45) is 0 Å². The molecule has 2 heterocycles. The van der Waals surface area contributed by atoms with Crippen molar-refractivity contribution in [2.75, 3.05) is 0 Å². The molecule has 2 rings (SSSR count). The molecular formula is C11H14BrN3. The van der Waals surface area contributed by atoms with Crippen molar-refractivity contribution >= 4 is 21.6 Å². The molecule has 0 N–H and O–H groups in total. The molecule has 0 atom stereocenters. The molecule has 0 amide bonds. The van der Waals surface area contributed by atoms with Gasteiger partial charge in [-0.2, -0.15) is 0 Å². The van der Waals surface area contributed by atoms with Gasteiger partial charge in [0.1, 0.15) is 4.60 Å². The first kappa shape index (κ1) is 10.6. The summed E-state index contributed by atoms with van der Waals surface area (Å²) in [6.07, 6.45) is 3.79. The van der Waals surface area contributed by atoms with Gasteiger partial charge < -0.3 is 0 Å². The summed E-state index contributed by atoms with van der Waals surface area (Å²) in [6.45, 7) is 8.43. The number of aryl methyl sites for hydroxylation is 1. The summed E-state index contributed by atoms with van der Waals surface area (Å²) in [5.41, 5.74) is 2.98. The van der Waals surface area contributed by atoms with Crippen LogP contribution >= 0.6 is 15.9 Å². The third-order valence-electron chi connectivity index (χ3n) is 2.29. The molecule has 0 bridgehead atoms. The van der Waals surface area contributed by atoms with Crippen molar-refractivity contribution in [3.63, 3.8) is 0 Å². The molecule has 4 heteroatoms. The van der Waals surface area contributed by atoms with Crippen LogP contribution in [0.15, 0.2) is 17.0 Å². The van der Waals surface area contributed by atoms with Gasteiger partial charge in [-0.15, -0.1) is 0 Å². The van der Waals surface area contributed by atoms with Gasteiger partial charge in [0.05, 0.1) is 17.6 Å². The molecule has 2 aromatic rings. The van der Waals surface area contributed by atoms with E-state index in [0.29, 0.717) is 0 Å². The van der Waals surface area contributed by atoms with E-state index in [1.165, 1.54) is 0 Å². The van der Waals surface area contributed by atoms with Crippen LogP contribution in [0.25, 0.3) is 5.65 Å². The normalized spacial score (nSPS) is 12.3. The molecule has 0 aromatic carbocycles.